The third kappa shape index (κ3) is 3.61. The molecule has 6 nitrogen and oxygen atoms in total. The van der Waals surface area contributed by atoms with Gasteiger partial charge in [0.25, 0.3) is 5.56 Å². The van der Waals surface area contributed by atoms with Crippen molar-refractivity contribution in [2.45, 2.75) is 37.4 Å². The first-order valence-electron chi connectivity index (χ1n) is 8.30. The minimum atomic E-state index is -0.0576. The highest BCUT2D eigenvalue weighted by atomic mass is 32.2. The van der Waals surface area contributed by atoms with Gasteiger partial charge in [-0.05, 0) is 13.5 Å². The van der Waals surface area contributed by atoms with Gasteiger partial charge in [-0.15, -0.1) is 0 Å². The van der Waals surface area contributed by atoms with Crippen LogP contribution in [0.15, 0.2) is 16.0 Å². The van der Waals surface area contributed by atoms with E-state index in [-0.39, 0.29) is 17.5 Å². The van der Waals surface area contributed by atoms with Gasteiger partial charge in [0, 0.05) is 50.1 Å². The van der Waals surface area contributed by atoms with Gasteiger partial charge in [-0.3, -0.25) is 14.2 Å². The highest BCUT2D eigenvalue weighted by molar-refractivity contribution is 7.99. The highest BCUT2D eigenvalue weighted by Gasteiger charge is 2.30. The minimum absolute atomic E-state index is 0.0142. The van der Waals surface area contributed by atoms with Crippen LogP contribution in [0, 0.1) is 0 Å². The van der Waals surface area contributed by atoms with E-state index >= 15 is 0 Å². The summed E-state index contributed by atoms with van der Waals surface area (Å²) in [6, 6.07) is 1.57. The zero-order valence-electron chi connectivity index (χ0n) is 13.8. The molecule has 23 heavy (non-hydrogen) atoms. The summed E-state index contributed by atoms with van der Waals surface area (Å²) in [5, 5.41) is 0.775. The summed E-state index contributed by atoms with van der Waals surface area (Å²) in [5.41, 5.74) is 0.849. The topological polar surface area (TPSA) is 58.4 Å². The molecule has 126 valence electrons. The Labute approximate surface area is 140 Å². The second-order valence-corrected chi connectivity index (χ2v) is 7.33. The lowest BCUT2D eigenvalue weighted by Crippen LogP contribution is -2.47. The van der Waals surface area contributed by atoms with Gasteiger partial charge in [-0.1, -0.05) is 25.1 Å². The molecule has 3 rings (SSSR count). The number of piperazine rings is 1. The molecule has 1 atom stereocenters. The maximum atomic E-state index is 12.5. The van der Waals surface area contributed by atoms with Crippen molar-refractivity contribution in [3.05, 3.63) is 22.1 Å². The molecule has 1 aromatic rings. The summed E-state index contributed by atoms with van der Waals surface area (Å²) in [5.74, 6) is 0.915. The lowest BCUT2D eigenvalue weighted by atomic mass is 10.2. The van der Waals surface area contributed by atoms with Crippen molar-refractivity contribution in [2.24, 2.45) is 0 Å². The third-order valence-corrected chi connectivity index (χ3v) is 5.61. The summed E-state index contributed by atoms with van der Waals surface area (Å²) < 4.78 is 1.72. The van der Waals surface area contributed by atoms with E-state index < -0.39 is 0 Å². The Morgan fingerprint density at radius 2 is 2.09 bits per heavy atom. The van der Waals surface area contributed by atoms with E-state index in [0.717, 1.165) is 55.6 Å². The molecular weight excluding hydrogens is 312 g/mol. The number of aryl methyl sites for hydroxylation is 1. The lowest BCUT2D eigenvalue weighted by molar-refractivity contribution is -0.133. The molecule has 0 bridgehead atoms. The average molecular weight is 336 g/mol. The van der Waals surface area contributed by atoms with Crippen LogP contribution in [-0.2, 0) is 11.2 Å². The van der Waals surface area contributed by atoms with Crippen LogP contribution in [0.5, 0.6) is 0 Å². The summed E-state index contributed by atoms with van der Waals surface area (Å²) in [6.45, 7) is 5.49. The predicted octanol–water partition coefficient (Wildman–Crippen LogP) is 1.01. The number of rotatable bonds is 4. The van der Waals surface area contributed by atoms with Gasteiger partial charge in [0.1, 0.15) is 0 Å². The van der Waals surface area contributed by atoms with Crippen LogP contribution < -0.4 is 5.56 Å². The van der Waals surface area contributed by atoms with Gasteiger partial charge in [-0.2, -0.15) is 0 Å². The zero-order valence-corrected chi connectivity index (χ0v) is 14.6. The number of carbonyl (C=O) groups excluding carboxylic acids is 1. The van der Waals surface area contributed by atoms with Crippen molar-refractivity contribution in [2.75, 3.05) is 39.0 Å². The number of amides is 1. The van der Waals surface area contributed by atoms with E-state index in [2.05, 4.69) is 23.9 Å². The predicted molar refractivity (Wildman–Crippen MR) is 90.9 cm³/mol. The summed E-state index contributed by atoms with van der Waals surface area (Å²) in [6.07, 6.45) is 2.21. The fraction of sp³-hybridized carbons (Fsp3) is 0.688. The molecule has 2 aliphatic rings. The van der Waals surface area contributed by atoms with E-state index in [0.29, 0.717) is 6.42 Å². The molecule has 0 N–H and O–H groups in total. The molecule has 2 aliphatic heterocycles. The molecule has 3 heterocycles. The fourth-order valence-electron chi connectivity index (χ4n) is 3.12. The van der Waals surface area contributed by atoms with Gasteiger partial charge >= 0.3 is 0 Å². The van der Waals surface area contributed by atoms with Crippen molar-refractivity contribution in [3.63, 3.8) is 0 Å². The molecule has 0 aromatic carbocycles. The molecule has 1 fully saturated rings. The van der Waals surface area contributed by atoms with Crippen LogP contribution >= 0.6 is 11.8 Å². The van der Waals surface area contributed by atoms with Gasteiger partial charge in [0.15, 0.2) is 5.16 Å². The second kappa shape index (κ2) is 7.05. The Morgan fingerprint density at radius 3 is 2.78 bits per heavy atom. The van der Waals surface area contributed by atoms with Crippen molar-refractivity contribution in [1.82, 2.24) is 19.4 Å². The Bertz CT molecular complexity index is 637. The Morgan fingerprint density at radius 1 is 1.35 bits per heavy atom. The molecule has 0 aliphatic carbocycles. The maximum absolute atomic E-state index is 12.5. The molecule has 1 saturated heterocycles. The van der Waals surface area contributed by atoms with Gasteiger partial charge in [0.05, 0.1) is 6.04 Å². The van der Waals surface area contributed by atoms with E-state index in [1.165, 1.54) is 0 Å². The first-order valence-corrected chi connectivity index (χ1v) is 9.28. The summed E-state index contributed by atoms with van der Waals surface area (Å²) in [4.78, 5) is 33.6. The lowest BCUT2D eigenvalue weighted by Gasteiger charge is -2.33. The molecular formula is C16H24N4O2S. The highest BCUT2D eigenvalue weighted by Crippen LogP contribution is 2.32. The van der Waals surface area contributed by atoms with Crippen LogP contribution in [-0.4, -0.2) is 64.2 Å². The third-order valence-electron chi connectivity index (χ3n) is 4.52. The van der Waals surface area contributed by atoms with Crippen LogP contribution in [0.3, 0.4) is 0 Å². The number of hydrogen-bond donors (Lipinski definition) is 0. The summed E-state index contributed by atoms with van der Waals surface area (Å²) in [7, 11) is 2.07. The molecule has 7 heteroatoms. The largest absolute Gasteiger partial charge is 0.340 e. The number of thioether (sulfide) groups is 1. The van der Waals surface area contributed by atoms with Gasteiger partial charge in [-0.25, -0.2) is 4.98 Å². The van der Waals surface area contributed by atoms with E-state index in [1.54, 1.807) is 22.4 Å². The quantitative estimate of drug-likeness (QED) is 0.768. The Kier molecular flexibility index (Phi) is 5.06. The molecule has 0 unspecified atom stereocenters. The maximum Gasteiger partial charge on any atom is 0.254 e. The van der Waals surface area contributed by atoms with Crippen LogP contribution in [0.2, 0.25) is 0 Å². The normalized spacial score (nSPS) is 21.5. The summed E-state index contributed by atoms with van der Waals surface area (Å²) >= 11 is 1.59. The number of nitrogens with zero attached hydrogens (tertiary/aromatic N) is 4. The monoisotopic (exact) mass is 336 g/mol. The first kappa shape index (κ1) is 16.5. The second-order valence-electron chi connectivity index (χ2n) is 6.34. The van der Waals surface area contributed by atoms with E-state index in [1.807, 2.05) is 4.90 Å². The SMILES string of the molecule is CCCc1cc(=O)n2c(n1)SC[C@H]2CC(=O)N1CCN(C)CC1. The number of hydrogen-bond acceptors (Lipinski definition) is 5. The van der Waals surface area contributed by atoms with Crippen molar-refractivity contribution >= 4 is 17.7 Å². The molecule has 0 radical (unpaired) electrons. The van der Waals surface area contributed by atoms with Crippen molar-refractivity contribution in [3.8, 4) is 0 Å². The molecule has 1 aromatic heterocycles. The van der Waals surface area contributed by atoms with E-state index in [9.17, 15) is 9.59 Å². The molecule has 0 spiro atoms. The van der Waals surface area contributed by atoms with Crippen molar-refractivity contribution in [1.29, 1.82) is 0 Å². The van der Waals surface area contributed by atoms with Crippen LogP contribution in [0.4, 0.5) is 0 Å². The standard InChI is InChI=1S/C16H24N4O2S/c1-3-4-12-9-15(22)20-13(11-23-16(20)17-12)10-14(21)19-7-5-18(2)6-8-19/h9,13H,3-8,10-11H2,1-2H3/t13-/m1/s1. The van der Waals surface area contributed by atoms with Gasteiger partial charge < -0.3 is 9.80 Å². The first-order chi connectivity index (χ1) is 11.1. The number of likely N-dealkylation sites (N-methyl/N-ethyl adjacent to an activating group) is 1. The van der Waals surface area contributed by atoms with Crippen LogP contribution in [0.25, 0.3) is 0 Å². The minimum Gasteiger partial charge on any atom is -0.340 e. The smallest absolute Gasteiger partial charge is 0.254 e. The fourth-order valence-corrected chi connectivity index (χ4v) is 4.29. The Hall–Kier alpha value is -1.34. The zero-order chi connectivity index (χ0) is 16.4. The molecule has 0 saturated carbocycles. The molecule has 1 amide bonds. The Balaban J connectivity index is 1.70. The van der Waals surface area contributed by atoms with E-state index in [4.69, 9.17) is 0 Å². The number of aromatic nitrogens is 2. The van der Waals surface area contributed by atoms with Gasteiger partial charge in [0.2, 0.25) is 5.91 Å². The average Bonchev–Trinajstić information content (AvgIpc) is 2.91. The van der Waals surface area contributed by atoms with Crippen LogP contribution in [0.1, 0.15) is 31.5 Å². The number of carbonyl (C=O) groups is 1. The van der Waals surface area contributed by atoms with Crippen molar-refractivity contribution < 1.29 is 4.79 Å². The number of fused-ring (bicyclic) bond motifs is 1.